The predicted octanol–water partition coefficient (Wildman–Crippen LogP) is 3.31. The maximum Gasteiger partial charge on any atom is 0.440 e. The van der Waals surface area contributed by atoms with Gasteiger partial charge in [-0.25, -0.2) is 9.69 Å². The van der Waals surface area contributed by atoms with E-state index in [9.17, 15) is 27.6 Å². The van der Waals surface area contributed by atoms with Crippen molar-refractivity contribution in [3.8, 4) is 0 Å². The van der Waals surface area contributed by atoms with Crippen molar-refractivity contribution in [2.75, 3.05) is 4.90 Å². The number of carbonyl (C=O) groups excluding carboxylic acids is 3. The lowest BCUT2D eigenvalue weighted by Crippen LogP contribution is -2.70. The second kappa shape index (κ2) is 7.10. The van der Waals surface area contributed by atoms with Crippen LogP contribution in [0.3, 0.4) is 0 Å². The number of hydrogen-bond acceptors (Lipinski definition) is 3. The first kappa shape index (κ1) is 20.2. The molecule has 6 nitrogen and oxygen atoms in total. The molecule has 1 heterocycles. The van der Waals surface area contributed by atoms with Gasteiger partial charge in [0.15, 0.2) is 0 Å². The van der Waals surface area contributed by atoms with E-state index in [1.54, 1.807) is 25.2 Å². The van der Waals surface area contributed by atoms with E-state index < -0.39 is 35.6 Å². The average Bonchev–Trinajstić information content (AvgIpc) is 2.89. The van der Waals surface area contributed by atoms with Crippen LogP contribution in [0.4, 0.5) is 23.7 Å². The average molecular weight is 397 g/mol. The van der Waals surface area contributed by atoms with Crippen molar-refractivity contribution in [3.63, 3.8) is 0 Å². The molecule has 1 aliphatic heterocycles. The largest absolute Gasteiger partial charge is 0.440 e. The zero-order valence-electron chi connectivity index (χ0n) is 15.7. The van der Waals surface area contributed by atoms with Gasteiger partial charge in [-0.2, -0.15) is 13.2 Å². The Morgan fingerprint density at radius 3 is 2.36 bits per heavy atom. The highest BCUT2D eigenvalue weighted by molar-refractivity contribution is 6.24. The predicted molar refractivity (Wildman–Crippen MR) is 95.4 cm³/mol. The SMILES string of the molecule is Cc1ccc(N2C(=O)N[C@@](NC(=O)C3CCCCC3)(C(F)(F)F)C2=O)cc1C. The first-order valence-corrected chi connectivity index (χ1v) is 9.19. The highest BCUT2D eigenvalue weighted by Crippen LogP contribution is 2.37. The smallest absolute Gasteiger partial charge is 0.318 e. The molecule has 1 aromatic rings. The molecule has 0 unspecified atom stereocenters. The Kier molecular flexibility index (Phi) is 5.12. The molecular weight excluding hydrogens is 375 g/mol. The fraction of sp³-hybridized carbons (Fsp3) is 0.526. The number of benzene rings is 1. The van der Waals surface area contributed by atoms with Crippen LogP contribution in [0.1, 0.15) is 43.2 Å². The van der Waals surface area contributed by atoms with Crippen molar-refractivity contribution < 1.29 is 27.6 Å². The third-order valence-electron chi connectivity index (χ3n) is 5.48. The third kappa shape index (κ3) is 3.33. The topological polar surface area (TPSA) is 78.5 Å². The molecule has 0 radical (unpaired) electrons. The minimum atomic E-state index is -5.20. The summed E-state index contributed by atoms with van der Waals surface area (Å²) in [7, 11) is 0. The van der Waals surface area contributed by atoms with Gasteiger partial charge in [0.05, 0.1) is 5.69 Å². The lowest BCUT2D eigenvalue weighted by atomic mass is 9.88. The van der Waals surface area contributed by atoms with Crippen LogP contribution in [-0.2, 0) is 9.59 Å². The summed E-state index contributed by atoms with van der Waals surface area (Å²) in [6.45, 7) is 3.52. The molecule has 0 aromatic heterocycles. The minimum absolute atomic E-state index is 0.0173. The van der Waals surface area contributed by atoms with Gasteiger partial charge in [0.2, 0.25) is 5.91 Å². The van der Waals surface area contributed by atoms with E-state index in [1.165, 1.54) is 12.1 Å². The molecule has 2 aliphatic rings. The van der Waals surface area contributed by atoms with Crippen LogP contribution in [-0.4, -0.2) is 29.7 Å². The van der Waals surface area contributed by atoms with Crippen LogP contribution in [0.2, 0.25) is 0 Å². The van der Waals surface area contributed by atoms with Gasteiger partial charge in [-0.05, 0) is 49.9 Å². The summed E-state index contributed by atoms with van der Waals surface area (Å²) in [5, 5.41) is 3.51. The fourth-order valence-corrected chi connectivity index (χ4v) is 3.63. The van der Waals surface area contributed by atoms with Gasteiger partial charge in [0.1, 0.15) is 0 Å². The van der Waals surface area contributed by atoms with Crippen LogP contribution in [0.5, 0.6) is 0 Å². The first-order valence-electron chi connectivity index (χ1n) is 9.19. The Morgan fingerprint density at radius 2 is 1.79 bits per heavy atom. The van der Waals surface area contributed by atoms with Crippen molar-refractivity contribution in [1.29, 1.82) is 0 Å². The van der Waals surface area contributed by atoms with E-state index in [4.69, 9.17) is 0 Å². The summed E-state index contributed by atoms with van der Waals surface area (Å²) >= 11 is 0. The van der Waals surface area contributed by atoms with E-state index in [0.717, 1.165) is 24.8 Å². The lowest BCUT2D eigenvalue weighted by Gasteiger charge is -2.32. The number of aryl methyl sites for hydroxylation is 2. The Hall–Kier alpha value is -2.58. The fourth-order valence-electron chi connectivity index (χ4n) is 3.63. The Morgan fingerprint density at radius 1 is 1.14 bits per heavy atom. The molecule has 1 atom stereocenters. The third-order valence-corrected chi connectivity index (χ3v) is 5.48. The normalized spacial score (nSPS) is 23.7. The molecule has 9 heteroatoms. The molecule has 28 heavy (non-hydrogen) atoms. The van der Waals surface area contributed by atoms with E-state index in [-0.39, 0.29) is 5.69 Å². The van der Waals surface area contributed by atoms with Crippen LogP contribution in [0, 0.1) is 19.8 Å². The maximum absolute atomic E-state index is 13.9. The Balaban J connectivity index is 1.95. The molecule has 1 saturated heterocycles. The zero-order chi connectivity index (χ0) is 20.7. The molecule has 3 rings (SSSR count). The standard InChI is InChI=1S/C19H22F3N3O3/c1-11-8-9-14(10-12(11)2)25-16(27)18(19(20,21)22,24-17(25)28)23-15(26)13-6-4-3-5-7-13/h8-10,13H,3-7H2,1-2H3,(H,23,26)(H,24,28)/t18-/m1/s1. The summed E-state index contributed by atoms with van der Waals surface area (Å²) in [4.78, 5) is 38.1. The van der Waals surface area contributed by atoms with E-state index >= 15 is 0 Å². The van der Waals surface area contributed by atoms with Gasteiger partial charge in [-0.3, -0.25) is 14.9 Å². The Labute approximate surface area is 160 Å². The van der Waals surface area contributed by atoms with E-state index in [0.29, 0.717) is 23.3 Å². The number of alkyl halides is 3. The molecule has 0 spiro atoms. The second-order valence-corrected chi connectivity index (χ2v) is 7.41. The molecule has 4 amide bonds. The highest BCUT2D eigenvalue weighted by atomic mass is 19.4. The number of hydrogen-bond donors (Lipinski definition) is 2. The lowest BCUT2D eigenvalue weighted by molar-refractivity contribution is -0.202. The van der Waals surface area contributed by atoms with Crippen molar-refractivity contribution in [2.24, 2.45) is 5.92 Å². The molecule has 152 valence electrons. The number of nitrogens with one attached hydrogen (secondary N) is 2. The van der Waals surface area contributed by atoms with E-state index in [1.807, 2.05) is 5.32 Å². The van der Waals surface area contributed by atoms with Crippen molar-refractivity contribution >= 4 is 23.5 Å². The zero-order valence-corrected chi connectivity index (χ0v) is 15.7. The van der Waals surface area contributed by atoms with E-state index in [2.05, 4.69) is 0 Å². The van der Waals surface area contributed by atoms with Gasteiger partial charge in [0, 0.05) is 5.92 Å². The number of imide groups is 1. The molecule has 0 bridgehead atoms. The van der Waals surface area contributed by atoms with Gasteiger partial charge in [0.25, 0.3) is 11.6 Å². The molecule has 1 aliphatic carbocycles. The van der Waals surface area contributed by atoms with Crippen LogP contribution in [0.25, 0.3) is 0 Å². The van der Waals surface area contributed by atoms with Crippen molar-refractivity contribution in [1.82, 2.24) is 10.6 Å². The van der Waals surface area contributed by atoms with Crippen molar-refractivity contribution in [3.05, 3.63) is 29.3 Å². The molecule has 2 N–H and O–H groups in total. The van der Waals surface area contributed by atoms with Gasteiger partial charge in [-0.1, -0.05) is 25.3 Å². The number of carbonyl (C=O) groups is 3. The monoisotopic (exact) mass is 397 g/mol. The van der Waals surface area contributed by atoms with Gasteiger partial charge in [-0.15, -0.1) is 0 Å². The van der Waals surface area contributed by atoms with Gasteiger partial charge < -0.3 is 5.32 Å². The van der Waals surface area contributed by atoms with Gasteiger partial charge >= 0.3 is 12.2 Å². The highest BCUT2D eigenvalue weighted by Gasteiger charge is 2.69. The number of halogens is 3. The van der Waals surface area contributed by atoms with Crippen LogP contribution < -0.4 is 15.5 Å². The number of amides is 4. The molecule has 2 fully saturated rings. The molecule has 1 aromatic carbocycles. The summed E-state index contributed by atoms with van der Waals surface area (Å²) in [6, 6.07) is 3.24. The van der Waals surface area contributed by atoms with Crippen LogP contribution in [0.15, 0.2) is 18.2 Å². The summed E-state index contributed by atoms with van der Waals surface area (Å²) in [5.74, 6) is -3.03. The van der Waals surface area contributed by atoms with Crippen LogP contribution >= 0.6 is 0 Å². The minimum Gasteiger partial charge on any atom is -0.318 e. The number of urea groups is 1. The van der Waals surface area contributed by atoms with Crippen molar-refractivity contribution in [2.45, 2.75) is 57.8 Å². The Bertz CT molecular complexity index is 818. The molecular formula is C19H22F3N3O3. The number of nitrogens with zero attached hydrogens (tertiary/aromatic N) is 1. The summed E-state index contributed by atoms with van der Waals surface area (Å²) in [6.07, 6.45) is -1.87. The molecule has 1 saturated carbocycles. The quantitative estimate of drug-likeness (QED) is 0.768. The second-order valence-electron chi connectivity index (χ2n) is 7.41. The number of rotatable bonds is 3. The summed E-state index contributed by atoms with van der Waals surface area (Å²) < 4.78 is 41.8. The maximum atomic E-state index is 13.9. The first-order chi connectivity index (χ1) is 13.1. The summed E-state index contributed by atoms with van der Waals surface area (Å²) in [5.41, 5.74) is -1.86. The number of anilines is 1.